The predicted octanol–water partition coefficient (Wildman–Crippen LogP) is -1.09. The number of carbonyl (C=O) groups is 1. The Labute approximate surface area is 97.4 Å². The van der Waals surface area contributed by atoms with Crippen LogP contribution in [0.25, 0.3) is 0 Å². The molecule has 0 aliphatic rings. The van der Waals surface area contributed by atoms with Crippen LogP contribution in [0.5, 0.6) is 0 Å². The predicted molar refractivity (Wildman–Crippen MR) is 59.5 cm³/mol. The van der Waals surface area contributed by atoms with E-state index >= 15 is 0 Å². The molecule has 2 aromatic rings. The van der Waals surface area contributed by atoms with Gasteiger partial charge in [0.1, 0.15) is 12.9 Å². The number of aromatic nitrogens is 5. The third kappa shape index (κ3) is 3.03. The zero-order valence-corrected chi connectivity index (χ0v) is 9.37. The molecule has 90 valence electrons. The lowest BCUT2D eigenvalue weighted by Crippen LogP contribution is -2.27. The molecular formula is C9H13N7O. The lowest BCUT2D eigenvalue weighted by molar-refractivity contribution is -0.122. The van der Waals surface area contributed by atoms with Crippen LogP contribution in [-0.4, -0.2) is 30.5 Å². The van der Waals surface area contributed by atoms with Crippen molar-refractivity contribution < 1.29 is 4.79 Å². The number of nitrogens with one attached hydrogen (secondary N) is 1. The van der Waals surface area contributed by atoms with Crippen LogP contribution in [0, 0.1) is 0 Å². The summed E-state index contributed by atoms with van der Waals surface area (Å²) in [5, 5.41) is 10.6. The van der Waals surface area contributed by atoms with Gasteiger partial charge in [0, 0.05) is 25.4 Å². The van der Waals surface area contributed by atoms with E-state index in [1.807, 2.05) is 13.2 Å². The number of nitrogens with zero attached hydrogens (tertiary/aromatic N) is 5. The Balaban J connectivity index is 1.82. The van der Waals surface area contributed by atoms with Crippen LogP contribution in [0.3, 0.4) is 0 Å². The zero-order chi connectivity index (χ0) is 12.3. The monoisotopic (exact) mass is 235 g/mol. The molecule has 0 saturated carbocycles. The van der Waals surface area contributed by atoms with Crippen molar-refractivity contribution in [3.05, 3.63) is 24.3 Å². The van der Waals surface area contributed by atoms with Gasteiger partial charge >= 0.3 is 0 Å². The quantitative estimate of drug-likeness (QED) is 0.700. The fourth-order valence-corrected chi connectivity index (χ4v) is 1.35. The minimum absolute atomic E-state index is 0.102. The summed E-state index contributed by atoms with van der Waals surface area (Å²) in [6.07, 6.45) is 4.96. The minimum Gasteiger partial charge on any atom is -0.367 e. The van der Waals surface area contributed by atoms with Crippen molar-refractivity contribution in [1.29, 1.82) is 0 Å². The SMILES string of the molecule is Cn1cc(CNC(=O)Cn2cnc(N)n2)cn1. The van der Waals surface area contributed by atoms with Gasteiger partial charge in [-0.3, -0.25) is 9.48 Å². The molecule has 8 nitrogen and oxygen atoms in total. The van der Waals surface area contributed by atoms with Crippen LogP contribution in [0.1, 0.15) is 5.56 Å². The number of nitrogen functional groups attached to an aromatic ring is 1. The molecule has 0 saturated heterocycles. The highest BCUT2D eigenvalue weighted by atomic mass is 16.2. The highest BCUT2D eigenvalue weighted by molar-refractivity contribution is 5.75. The molecule has 17 heavy (non-hydrogen) atoms. The number of carbonyl (C=O) groups excluding carboxylic acids is 1. The molecule has 1 amide bonds. The van der Waals surface area contributed by atoms with E-state index in [1.165, 1.54) is 11.0 Å². The molecule has 2 heterocycles. The third-order valence-corrected chi connectivity index (χ3v) is 2.11. The summed E-state index contributed by atoms with van der Waals surface area (Å²) in [5.41, 5.74) is 6.28. The summed E-state index contributed by atoms with van der Waals surface area (Å²) < 4.78 is 3.06. The third-order valence-electron chi connectivity index (χ3n) is 2.11. The van der Waals surface area contributed by atoms with E-state index in [4.69, 9.17) is 5.73 Å². The molecular weight excluding hydrogens is 222 g/mol. The highest BCUT2D eigenvalue weighted by Crippen LogP contribution is 1.95. The van der Waals surface area contributed by atoms with Crippen LogP contribution in [0.4, 0.5) is 5.95 Å². The molecule has 0 fully saturated rings. The van der Waals surface area contributed by atoms with Crippen molar-refractivity contribution in [2.75, 3.05) is 5.73 Å². The normalized spacial score (nSPS) is 10.4. The number of aryl methyl sites for hydroxylation is 1. The van der Waals surface area contributed by atoms with Crippen LogP contribution in [0.15, 0.2) is 18.7 Å². The fourth-order valence-electron chi connectivity index (χ4n) is 1.35. The lowest BCUT2D eigenvalue weighted by atomic mass is 10.3. The van der Waals surface area contributed by atoms with Crippen molar-refractivity contribution in [3.8, 4) is 0 Å². The largest absolute Gasteiger partial charge is 0.367 e. The van der Waals surface area contributed by atoms with Gasteiger partial charge in [-0.1, -0.05) is 0 Å². The van der Waals surface area contributed by atoms with E-state index in [0.717, 1.165) is 5.56 Å². The number of hydrogen-bond acceptors (Lipinski definition) is 5. The maximum absolute atomic E-state index is 11.5. The van der Waals surface area contributed by atoms with Gasteiger partial charge < -0.3 is 11.1 Å². The van der Waals surface area contributed by atoms with Crippen molar-refractivity contribution in [2.24, 2.45) is 7.05 Å². The first-order valence-corrected chi connectivity index (χ1v) is 5.02. The molecule has 2 aromatic heterocycles. The standard InChI is InChI=1S/C9H13N7O/c1-15-4-7(3-13-15)2-11-8(17)5-16-6-12-9(10)14-16/h3-4,6H,2,5H2,1H3,(H2,10,14)(H,11,17). The Hall–Kier alpha value is -2.38. The number of hydrogen-bond donors (Lipinski definition) is 2. The fraction of sp³-hybridized carbons (Fsp3) is 0.333. The summed E-state index contributed by atoms with van der Waals surface area (Å²) in [4.78, 5) is 15.3. The summed E-state index contributed by atoms with van der Waals surface area (Å²) in [6, 6.07) is 0. The first-order chi connectivity index (χ1) is 8.13. The minimum atomic E-state index is -0.154. The average Bonchev–Trinajstić information content (AvgIpc) is 2.85. The van der Waals surface area contributed by atoms with Gasteiger partial charge in [0.05, 0.1) is 6.20 Å². The molecule has 3 N–H and O–H groups in total. The number of nitrogens with two attached hydrogens (primary N) is 1. The van der Waals surface area contributed by atoms with Gasteiger partial charge in [-0.05, 0) is 0 Å². The Morgan fingerprint density at radius 1 is 1.59 bits per heavy atom. The number of anilines is 1. The first kappa shape index (κ1) is 11.1. The van der Waals surface area contributed by atoms with E-state index in [1.54, 1.807) is 10.9 Å². The summed E-state index contributed by atoms with van der Waals surface area (Å²) in [5.74, 6) is 0.00353. The zero-order valence-electron chi connectivity index (χ0n) is 9.37. The molecule has 0 spiro atoms. The van der Waals surface area contributed by atoms with Gasteiger partial charge in [0.25, 0.3) is 0 Å². The van der Waals surface area contributed by atoms with Crippen molar-refractivity contribution >= 4 is 11.9 Å². The van der Waals surface area contributed by atoms with Gasteiger partial charge in [0.15, 0.2) is 0 Å². The second-order valence-electron chi connectivity index (χ2n) is 3.60. The van der Waals surface area contributed by atoms with Gasteiger partial charge in [-0.25, -0.2) is 9.67 Å². The highest BCUT2D eigenvalue weighted by Gasteiger charge is 2.05. The number of amides is 1. The van der Waals surface area contributed by atoms with Crippen LogP contribution in [0.2, 0.25) is 0 Å². The van der Waals surface area contributed by atoms with E-state index < -0.39 is 0 Å². The second kappa shape index (κ2) is 4.64. The lowest BCUT2D eigenvalue weighted by Gasteiger charge is -2.02. The molecule has 0 aliphatic carbocycles. The van der Waals surface area contributed by atoms with Gasteiger partial charge in [0.2, 0.25) is 11.9 Å². The van der Waals surface area contributed by atoms with Crippen LogP contribution >= 0.6 is 0 Å². The molecule has 0 bridgehead atoms. The van der Waals surface area contributed by atoms with Gasteiger partial charge in [-0.2, -0.15) is 5.10 Å². The molecule has 0 aliphatic heterocycles. The molecule has 0 aromatic carbocycles. The van der Waals surface area contributed by atoms with E-state index in [-0.39, 0.29) is 18.4 Å². The van der Waals surface area contributed by atoms with Crippen LogP contribution < -0.4 is 11.1 Å². The van der Waals surface area contributed by atoms with Gasteiger partial charge in [-0.15, -0.1) is 5.10 Å². The first-order valence-electron chi connectivity index (χ1n) is 5.02. The van der Waals surface area contributed by atoms with E-state index in [0.29, 0.717) is 6.54 Å². The smallest absolute Gasteiger partial charge is 0.242 e. The van der Waals surface area contributed by atoms with Crippen molar-refractivity contribution in [3.63, 3.8) is 0 Å². The number of rotatable bonds is 4. The Bertz CT molecular complexity index is 515. The second-order valence-corrected chi connectivity index (χ2v) is 3.60. The maximum atomic E-state index is 11.5. The molecule has 0 unspecified atom stereocenters. The van der Waals surface area contributed by atoms with E-state index in [2.05, 4.69) is 20.5 Å². The van der Waals surface area contributed by atoms with E-state index in [9.17, 15) is 4.79 Å². The average molecular weight is 235 g/mol. The topological polar surface area (TPSA) is 104 Å². The summed E-state index contributed by atoms with van der Waals surface area (Å²) in [7, 11) is 1.82. The summed E-state index contributed by atoms with van der Waals surface area (Å²) in [6.45, 7) is 0.543. The summed E-state index contributed by atoms with van der Waals surface area (Å²) >= 11 is 0. The molecule has 0 radical (unpaired) electrons. The van der Waals surface area contributed by atoms with Crippen molar-refractivity contribution in [1.82, 2.24) is 29.9 Å². The van der Waals surface area contributed by atoms with Crippen molar-refractivity contribution in [2.45, 2.75) is 13.1 Å². The maximum Gasteiger partial charge on any atom is 0.242 e. The molecule has 0 atom stereocenters. The molecule has 2 rings (SSSR count). The Kier molecular flexibility index (Phi) is 3.03. The Morgan fingerprint density at radius 2 is 2.41 bits per heavy atom. The van der Waals surface area contributed by atoms with Crippen LogP contribution in [-0.2, 0) is 24.9 Å². The Morgan fingerprint density at radius 3 is 3.00 bits per heavy atom. The molecule has 8 heteroatoms.